The van der Waals surface area contributed by atoms with Gasteiger partial charge in [0.2, 0.25) is 0 Å². The summed E-state index contributed by atoms with van der Waals surface area (Å²) in [6.45, 7) is 5.96. The van der Waals surface area contributed by atoms with E-state index in [-0.39, 0.29) is 17.8 Å². The van der Waals surface area contributed by atoms with Gasteiger partial charge in [0.25, 0.3) is 0 Å². The van der Waals surface area contributed by atoms with Crippen LogP contribution in [0, 0.1) is 5.82 Å². The van der Waals surface area contributed by atoms with Gasteiger partial charge < -0.3 is 9.64 Å². The molecule has 0 spiro atoms. The van der Waals surface area contributed by atoms with E-state index in [9.17, 15) is 9.18 Å². The molecule has 4 nitrogen and oxygen atoms in total. The van der Waals surface area contributed by atoms with Crippen molar-refractivity contribution in [3.8, 4) is 0 Å². The highest BCUT2D eigenvalue weighted by molar-refractivity contribution is 5.81. The van der Waals surface area contributed by atoms with E-state index < -0.39 is 5.54 Å². The van der Waals surface area contributed by atoms with Gasteiger partial charge in [-0.3, -0.25) is 5.32 Å². The van der Waals surface area contributed by atoms with Gasteiger partial charge in [-0.25, -0.2) is 9.18 Å². The van der Waals surface area contributed by atoms with Crippen LogP contribution in [0.3, 0.4) is 0 Å². The molecule has 1 rings (SSSR count). The zero-order valence-electron chi connectivity index (χ0n) is 12.7. The van der Waals surface area contributed by atoms with Crippen LogP contribution < -0.4 is 10.2 Å². The Bertz CT molecular complexity index is 465. The van der Waals surface area contributed by atoms with Crippen molar-refractivity contribution >= 4 is 11.7 Å². The largest absolute Gasteiger partial charge is 0.468 e. The lowest BCUT2D eigenvalue weighted by atomic mass is 10.00. The van der Waals surface area contributed by atoms with Crippen LogP contribution in [-0.4, -0.2) is 38.3 Å². The summed E-state index contributed by atoms with van der Waals surface area (Å²) in [5.74, 6) is -0.679. The van der Waals surface area contributed by atoms with Gasteiger partial charge >= 0.3 is 5.97 Å². The van der Waals surface area contributed by atoms with E-state index >= 15 is 0 Å². The Balaban J connectivity index is 2.95. The molecule has 1 aromatic rings. The molecule has 1 N–H and O–H groups in total. The van der Waals surface area contributed by atoms with Gasteiger partial charge in [0.1, 0.15) is 11.4 Å². The highest BCUT2D eigenvalue weighted by Crippen LogP contribution is 2.20. The van der Waals surface area contributed by atoms with Crippen LogP contribution >= 0.6 is 0 Å². The van der Waals surface area contributed by atoms with Crippen LogP contribution in [-0.2, 0) is 9.53 Å². The average molecular weight is 282 g/mol. The molecule has 0 saturated heterocycles. The summed E-state index contributed by atoms with van der Waals surface area (Å²) in [5, 5.41) is 3.19. The second-order valence-electron chi connectivity index (χ2n) is 5.43. The molecule has 0 amide bonds. The number of rotatable bonds is 6. The highest BCUT2D eigenvalue weighted by Gasteiger charge is 2.36. The van der Waals surface area contributed by atoms with E-state index in [1.807, 2.05) is 13.8 Å². The van der Waals surface area contributed by atoms with Gasteiger partial charge in [0, 0.05) is 19.6 Å². The van der Waals surface area contributed by atoms with Gasteiger partial charge in [-0.2, -0.15) is 0 Å². The molecule has 1 unspecified atom stereocenters. The first kappa shape index (κ1) is 16.4. The fourth-order valence-corrected chi connectivity index (χ4v) is 2.35. The topological polar surface area (TPSA) is 41.6 Å². The molecular weight excluding hydrogens is 259 g/mol. The number of likely N-dealkylation sites (N-methyl/N-ethyl adjacent to an activating group) is 1. The minimum atomic E-state index is -0.903. The van der Waals surface area contributed by atoms with Crippen LogP contribution in [0.1, 0.15) is 20.8 Å². The van der Waals surface area contributed by atoms with Crippen LogP contribution in [0.25, 0.3) is 0 Å². The number of nitrogens with zero attached hydrogens (tertiary/aromatic N) is 1. The molecule has 1 aromatic carbocycles. The molecule has 0 heterocycles. The highest BCUT2D eigenvalue weighted by atomic mass is 19.1. The molecule has 20 heavy (non-hydrogen) atoms. The van der Waals surface area contributed by atoms with Crippen molar-refractivity contribution in [3.63, 3.8) is 0 Å². The number of methoxy groups -OCH3 is 1. The van der Waals surface area contributed by atoms with Gasteiger partial charge in [0.05, 0.1) is 12.8 Å². The Morgan fingerprint density at radius 3 is 2.55 bits per heavy atom. The number of carbonyl (C=O) groups excluding carboxylic acids is 1. The van der Waals surface area contributed by atoms with Crippen LogP contribution in [0.4, 0.5) is 10.1 Å². The lowest BCUT2D eigenvalue weighted by molar-refractivity contribution is -0.147. The van der Waals surface area contributed by atoms with Crippen molar-refractivity contribution in [2.75, 3.05) is 25.6 Å². The van der Waals surface area contributed by atoms with E-state index in [1.54, 1.807) is 37.1 Å². The molecule has 0 bridgehead atoms. The average Bonchev–Trinajstić information content (AvgIpc) is 2.36. The maximum Gasteiger partial charge on any atom is 0.327 e. The first-order valence-corrected chi connectivity index (χ1v) is 6.62. The first-order chi connectivity index (χ1) is 9.30. The Morgan fingerprint density at radius 2 is 2.05 bits per heavy atom. The molecule has 112 valence electrons. The van der Waals surface area contributed by atoms with Crippen molar-refractivity contribution in [3.05, 3.63) is 30.1 Å². The smallest absolute Gasteiger partial charge is 0.327 e. The van der Waals surface area contributed by atoms with Gasteiger partial charge in [-0.1, -0.05) is 12.1 Å². The summed E-state index contributed by atoms with van der Waals surface area (Å²) < 4.78 is 18.6. The Hall–Kier alpha value is -1.62. The number of hydrogen-bond donors (Lipinski definition) is 1. The molecule has 0 aliphatic heterocycles. The number of nitrogens with one attached hydrogen (secondary N) is 1. The first-order valence-electron chi connectivity index (χ1n) is 6.62. The number of halogens is 1. The second kappa shape index (κ2) is 6.70. The summed E-state index contributed by atoms with van der Waals surface area (Å²) in [6.07, 6.45) is 0. The number of esters is 1. The predicted molar refractivity (Wildman–Crippen MR) is 78.4 cm³/mol. The van der Waals surface area contributed by atoms with Crippen LogP contribution in [0.5, 0.6) is 0 Å². The lowest BCUT2D eigenvalue weighted by Gasteiger charge is -2.34. The molecule has 0 fully saturated rings. The van der Waals surface area contributed by atoms with E-state index in [0.29, 0.717) is 12.2 Å². The Labute approximate surface area is 119 Å². The summed E-state index contributed by atoms with van der Waals surface area (Å²) in [4.78, 5) is 13.7. The maximum absolute atomic E-state index is 13.8. The molecule has 0 radical (unpaired) electrons. The molecule has 0 aliphatic carbocycles. The van der Waals surface area contributed by atoms with E-state index in [1.165, 1.54) is 13.2 Å². The van der Waals surface area contributed by atoms with Crippen LogP contribution in [0.15, 0.2) is 24.3 Å². The number of benzene rings is 1. The van der Waals surface area contributed by atoms with Gasteiger partial charge in [0.15, 0.2) is 0 Å². The Morgan fingerprint density at radius 1 is 1.45 bits per heavy atom. The minimum Gasteiger partial charge on any atom is -0.468 e. The zero-order chi connectivity index (χ0) is 15.3. The third kappa shape index (κ3) is 3.93. The normalized spacial score (nSPS) is 13.9. The quantitative estimate of drug-likeness (QED) is 0.812. The van der Waals surface area contributed by atoms with Gasteiger partial charge in [-0.15, -0.1) is 0 Å². The fourth-order valence-electron chi connectivity index (χ4n) is 2.35. The predicted octanol–water partition coefficient (Wildman–Crippen LogP) is 2.19. The third-order valence-corrected chi connectivity index (χ3v) is 3.06. The number of hydrogen-bond acceptors (Lipinski definition) is 4. The summed E-state index contributed by atoms with van der Waals surface area (Å²) in [7, 11) is 3.10. The van der Waals surface area contributed by atoms with Crippen molar-refractivity contribution in [1.82, 2.24) is 5.32 Å². The fraction of sp³-hybridized carbons (Fsp3) is 0.533. The summed E-state index contributed by atoms with van der Waals surface area (Å²) in [6, 6.07) is 6.59. The van der Waals surface area contributed by atoms with E-state index in [0.717, 1.165) is 0 Å². The molecule has 0 aliphatic rings. The number of carbonyl (C=O) groups is 1. The molecule has 1 atom stereocenters. The molecule has 5 heteroatoms. The maximum atomic E-state index is 13.8. The van der Waals surface area contributed by atoms with Gasteiger partial charge in [-0.05, 0) is 32.9 Å². The second-order valence-corrected chi connectivity index (χ2v) is 5.43. The number of anilines is 1. The van der Waals surface area contributed by atoms with Crippen molar-refractivity contribution in [1.29, 1.82) is 0 Å². The molecular formula is C15H23FN2O2. The lowest BCUT2D eigenvalue weighted by Crippen LogP contribution is -2.59. The summed E-state index contributed by atoms with van der Waals surface area (Å²) >= 11 is 0. The monoisotopic (exact) mass is 282 g/mol. The van der Waals surface area contributed by atoms with Crippen molar-refractivity contribution < 1.29 is 13.9 Å². The number of ether oxygens (including phenoxy) is 1. The van der Waals surface area contributed by atoms with E-state index in [2.05, 4.69) is 5.32 Å². The standard InChI is InChI=1S/C15H23FN2O2/c1-11(2)17-15(3,14(19)20-5)10-18(4)13-9-7-6-8-12(13)16/h6-9,11,17H,10H2,1-5H3. The minimum absolute atomic E-state index is 0.105. The van der Waals surface area contributed by atoms with E-state index in [4.69, 9.17) is 4.74 Å². The summed E-state index contributed by atoms with van der Waals surface area (Å²) in [5.41, 5.74) is -0.451. The van der Waals surface area contributed by atoms with Crippen molar-refractivity contribution in [2.24, 2.45) is 0 Å². The number of para-hydroxylation sites is 1. The Kier molecular flexibility index (Phi) is 5.51. The van der Waals surface area contributed by atoms with Crippen molar-refractivity contribution in [2.45, 2.75) is 32.4 Å². The molecule has 0 saturated carbocycles. The SMILES string of the molecule is COC(=O)C(C)(CN(C)c1ccccc1F)NC(C)C. The third-order valence-electron chi connectivity index (χ3n) is 3.06. The van der Waals surface area contributed by atoms with Crippen LogP contribution in [0.2, 0.25) is 0 Å². The molecule has 0 aromatic heterocycles. The zero-order valence-corrected chi connectivity index (χ0v) is 12.7.